The molecule has 3 N–H and O–H groups in total. The molecule has 1 heterocycles. The number of hydrogen-bond donors (Lipinski definition) is 2. The van der Waals surface area contributed by atoms with E-state index in [-0.39, 0.29) is 5.54 Å². The van der Waals surface area contributed by atoms with E-state index in [1.54, 1.807) is 0 Å². The summed E-state index contributed by atoms with van der Waals surface area (Å²) in [4.78, 5) is 0. The van der Waals surface area contributed by atoms with E-state index in [1.807, 2.05) is 26.0 Å². The third-order valence-corrected chi connectivity index (χ3v) is 2.99. The number of nitrogens with one attached hydrogen (secondary N) is 1. The molecule has 4 heteroatoms. The van der Waals surface area contributed by atoms with Gasteiger partial charge in [-0.2, -0.15) is 0 Å². The van der Waals surface area contributed by atoms with Crippen LogP contribution in [0.15, 0.2) is 36.4 Å². The minimum atomic E-state index is -0.181. The molecule has 4 nitrogen and oxygen atoms in total. The van der Waals surface area contributed by atoms with Gasteiger partial charge in [-0.25, -0.2) is 0 Å². The van der Waals surface area contributed by atoms with Crippen molar-refractivity contribution in [1.29, 1.82) is 0 Å². The van der Waals surface area contributed by atoms with Crippen LogP contribution in [0.3, 0.4) is 0 Å². The van der Waals surface area contributed by atoms with Gasteiger partial charge >= 0.3 is 0 Å². The summed E-state index contributed by atoms with van der Waals surface area (Å²) < 4.78 is 0. The summed E-state index contributed by atoms with van der Waals surface area (Å²) in [6.07, 6.45) is 0. The first-order valence-corrected chi connectivity index (χ1v) is 6.39. The van der Waals surface area contributed by atoms with E-state index in [1.165, 1.54) is 5.56 Å². The van der Waals surface area contributed by atoms with Gasteiger partial charge in [0.15, 0.2) is 0 Å². The van der Waals surface area contributed by atoms with Crippen molar-refractivity contribution in [2.24, 2.45) is 5.73 Å². The topological polar surface area (TPSA) is 63.8 Å². The molecule has 2 rings (SSSR count). The molecule has 0 spiro atoms. The van der Waals surface area contributed by atoms with Crippen molar-refractivity contribution in [2.75, 3.05) is 11.9 Å². The van der Waals surface area contributed by atoms with Crippen LogP contribution >= 0.6 is 0 Å². The molecular weight excluding hydrogens is 236 g/mol. The molecule has 0 aliphatic heterocycles. The maximum Gasteiger partial charge on any atom is 0.149 e. The number of anilines is 1. The van der Waals surface area contributed by atoms with Crippen LogP contribution in [0.4, 0.5) is 5.82 Å². The maximum atomic E-state index is 5.68. The van der Waals surface area contributed by atoms with Gasteiger partial charge in [0.05, 0.1) is 5.69 Å². The third-order valence-electron chi connectivity index (χ3n) is 2.99. The molecule has 1 aromatic heterocycles. The Balaban J connectivity index is 2.16. The van der Waals surface area contributed by atoms with E-state index in [0.717, 1.165) is 17.1 Å². The van der Waals surface area contributed by atoms with Crippen LogP contribution in [-0.2, 0) is 0 Å². The van der Waals surface area contributed by atoms with Crippen molar-refractivity contribution in [3.63, 3.8) is 0 Å². The second kappa shape index (κ2) is 5.36. The van der Waals surface area contributed by atoms with Gasteiger partial charge in [0.2, 0.25) is 0 Å². The minimum Gasteiger partial charge on any atom is -0.362 e. The molecule has 2 aromatic rings. The Morgan fingerprint density at radius 2 is 1.74 bits per heavy atom. The van der Waals surface area contributed by atoms with E-state index in [0.29, 0.717) is 6.54 Å². The van der Waals surface area contributed by atoms with E-state index in [2.05, 4.69) is 46.7 Å². The highest BCUT2D eigenvalue weighted by molar-refractivity contribution is 5.59. The molecule has 100 valence electrons. The van der Waals surface area contributed by atoms with Crippen molar-refractivity contribution in [1.82, 2.24) is 10.2 Å². The minimum absolute atomic E-state index is 0.181. The number of nitrogens with two attached hydrogens (primary N) is 1. The monoisotopic (exact) mass is 256 g/mol. The largest absolute Gasteiger partial charge is 0.362 e. The van der Waals surface area contributed by atoms with Crippen molar-refractivity contribution in [2.45, 2.75) is 26.3 Å². The predicted octanol–water partition coefficient (Wildman–Crippen LogP) is 2.60. The first-order valence-electron chi connectivity index (χ1n) is 6.39. The highest BCUT2D eigenvalue weighted by Gasteiger charge is 2.15. The summed E-state index contributed by atoms with van der Waals surface area (Å²) in [7, 11) is 0. The lowest BCUT2D eigenvalue weighted by Crippen LogP contribution is -2.39. The molecule has 0 bridgehead atoms. The highest BCUT2D eigenvalue weighted by atomic mass is 15.2. The summed E-state index contributed by atoms with van der Waals surface area (Å²) in [5.41, 5.74) is 8.68. The second-order valence-corrected chi connectivity index (χ2v) is 5.38. The smallest absolute Gasteiger partial charge is 0.149 e. The van der Waals surface area contributed by atoms with Crippen LogP contribution < -0.4 is 11.1 Å². The van der Waals surface area contributed by atoms with Gasteiger partial charge in [0.1, 0.15) is 5.82 Å². The number of aryl methyl sites for hydroxylation is 1. The fourth-order valence-corrected chi connectivity index (χ4v) is 1.67. The molecular formula is C15H20N4. The standard InChI is InChI=1S/C15H20N4/c1-11-4-6-12(7-5-11)13-8-9-14(19-18-13)17-15(2,3)10-16/h4-9H,10,16H2,1-3H3,(H,17,19). The molecule has 19 heavy (non-hydrogen) atoms. The van der Waals surface area contributed by atoms with Crippen LogP contribution in [0, 0.1) is 6.92 Å². The van der Waals surface area contributed by atoms with Gasteiger partial charge < -0.3 is 11.1 Å². The zero-order chi connectivity index (χ0) is 13.9. The third kappa shape index (κ3) is 3.51. The van der Waals surface area contributed by atoms with Crippen LogP contribution in [0.5, 0.6) is 0 Å². The zero-order valence-corrected chi connectivity index (χ0v) is 11.6. The Morgan fingerprint density at radius 1 is 1.05 bits per heavy atom. The fraction of sp³-hybridized carbons (Fsp3) is 0.333. The Labute approximate surface area is 114 Å². The molecule has 0 amide bonds. The predicted molar refractivity (Wildman–Crippen MR) is 79.0 cm³/mol. The number of aromatic nitrogens is 2. The van der Waals surface area contributed by atoms with E-state index < -0.39 is 0 Å². The average molecular weight is 256 g/mol. The van der Waals surface area contributed by atoms with Crippen LogP contribution in [0.2, 0.25) is 0 Å². The normalized spacial score (nSPS) is 11.4. The molecule has 0 aliphatic carbocycles. The quantitative estimate of drug-likeness (QED) is 0.882. The first-order chi connectivity index (χ1) is 9.00. The summed E-state index contributed by atoms with van der Waals surface area (Å²) in [5, 5.41) is 11.7. The number of rotatable bonds is 4. The van der Waals surface area contributed by atoms with Crippen LogP contribution in [-0.4, -0.2) is 22.3 Å². The lowest BCUT2D eigenvalue weighted by atomic mass is 10.1. The van der Waals surface area contributed by atoms with E-state index >= 15 is 0 Å². The van der Waals surface area contributed by atoms with Crippen molar-refractivity contribution < 1.29 is 0 Å². The zero-order valence-electron chi connectivity index (χ0n) is 11.6. The van der Waals surface area contributed by atoms with Crippen LogP contribution in [0.1, 0.15) is 19.4 Å². The molecule has 0 fully saturated rings. The van der Waals surface area contributed by atoms with Gasteiger partial charge in [-0.15, -0.1) is 10.2 Å². The molecule has 0 atom stereocenters. The average Bonchev–Trinajstić information content (AvgIpc) is 2.40. The SMILES string of the molecule is Cc1ccc(-c2ccc(NC(C)(C)CN)nn2)cc1. The summed E-state index contributed by atoms with van der Waals surface area (Å²) >= 11 is 0. The lowest BCUT2D eigenvalue weighted by molar-refractivity contribution is 0.576. The van der Waals surface area contributed by atoms with Crippen LogP contribution in [0.25, 0.3) is 11.3 Å². The highest BCUT2D eigenvalue weighted by Crippen LogP contribution is 2.18. The van der Waals surface area contributed by atoms with Gasteiger partial charge in [0, 0.05) is 17.6 Å². The molecule has 1 aromatic carbocycles. The number of hydrogen-bond acceptors (Lipinski definition) is 4. The maximum absolute atomic E-state index is 5.68. The second-order valence-electron chi connectivity index (χ2n) is 5.38. The molecule has 0 aliphatic rings. The number of nitrogens with zero attached hydrogens (tertiary/aromatic N) is 2. The van der Waals surface area contributed by atoms with E-state index in [4.69, 9.17) is 5.73 Å². The summed E-state index contributed by atoms with van der Waals surface area (Å²) in [6.45, 7) is 6.66. The summed E-state index contributed by atoms with van der Waals surface area (Å²) in [5.74, 6) is 0.742. The first kappa shape index (κ1) is 13.5. The van der Waals surface area contributed by atoms with Crippen molar-refractivity contribution in [3.8, 4) is 11.3 Å². The number of benzene rings is 1. The summed E-state index contributed by atoms with van der Waals surface area (Å²) in [6, 6.07) is 12.1. The Hall–Kier alpha value is -1.94. The molecule has 0 radical (unpaired) electrons. The molecule has 0 saturated carbocycles. The molecule has 0 saturated heterocycles. The van der Waals surface area contributed by atoms with Gasteiger partial charge in [-0.05, 0) is 32.9 Å². The van der Waals surface area contributed by atoms with Crippen molar-refractivity contribution >= 4 is 5.82 Å². The Bertz CT molecular complexity index is 529. The Kier molecular flexibility index (Phi) is 3.81. The molecule has 0 unspecified atom stereocenters. The van der Waals surface area contributed by atoms with Gasteiger partial charge in [0.25, 0.3) is 0 Å². The van der Waals surface area contributed by atoms with Gasteiger partial charge in [-0.1, -0.05) is 29.8 Å². The van der Waals surface area contributed by atoms with Gasteiger partial charge in [-0.3, -0.25) is 0 Å². The Morgan fingerprint density at radius 3 is 2.26 bits per heavy atom. The van der Waals surface area contributed by atoms with E-state index in [9.17, 15) is 0 Å². The van der Waals surface area contributed by atoms with Crippen molar-refractivity contribution in [3.05, 3.63) is 42.0 Å². The lowest BCUT2D eigenvalue weighted by Gasteiger charge is -2.24. The fourth-order valence-electron chi connectivity index (χ4n) is 1.67.